The molecule has 0 bridgehead atoms. The zero-order valence-corrected chi connectivity index (χ0v) is 19.8. The maximum atomic E-state index is 13.4. The lowest BCUT2D eigenvalue weighted by atomic mass is 10.1. The lowest BCUT2D eigenvalue weighted by molar-refractivity contribution is 0.0728. The first kappa shape index (κ1) is 23.5. The Morgan fingerprint density at radius 3 is 2.61 bits per heavy atom. The number of carbonyl (C=O) groups excluding carboxylic acids is 1. The highest BCUT2D eigenvalue weighted by atomic mass is 32.2. The number of benzene rings is 2. The Balaban J connectivity index is 1.52. The van der Waals surface area contributed by atoms with Gasteiger partial charge in [0, 0.05) is 42.9 Å². The summed E-state index contributed by atoms with van der Waals surface area (Å²) in [6.07, 6.45) is 3.52. The summed E-state index contributed by atoms with van der Waals surface area (Å²) in [5, 5.41) is 0. The molecule has 0 spiro atoms. The van der Waals surface area contributed by atoms with Gasteiger partial charge >= 0.3 is 0 Å². The van der Waals surface area contributed by atoms with Crippen LogP contribution in [0.15, 0.2) is 47.4 Å². The minimum atomic E-state index is -3.75. The van der Waals surface area contributed by atoms with Crippen molar-refractivity contribution >= 4 is 15.9 Å². The molecule has 1 heterocycles. The number of hydrogen-bond acceptors (Lipinski definition) is 6. The number of rotatable bonds is 10. The van der Waals surface area contributed by atoms with Crippen molar-refractivity contribution in [2.75, 3.05) is 27.4 Å². The second kappa shape index (κ2) is 10.1. The van der Waals surface area contributed by atoms with Crippen LogP contribution in [0.3, 0.4) is 0 Å². The third kappa shape index (κ3) is 5.66. The molecule has 1 amide bonds. The Labute approximate surface area is 194 Å². The van der Waals surface area contributed by atoms with Crippen LogP contribution in [0.5, 0.6) is 11.5 Å². The van der Waals surface area contributed by atoms with E-state index in [0.29, 0.717) is 30.2 Å². The molecule has 4 rings (SSSR count). The highest BCUT2D eigenvalue weighted by Gasteiger charge is 2.34. The van der Waals surface area contributed by atoms with E-state index in [1.165, 1.54) is 12.1 Å². The van der Waals surface area contributed by atoms with E-state index in [-0.39, 0.29) is 29.5 Å². The van der Waals surface area contributed by atoms with Gasteiger partial charge in [0.15, 0.2) is 0 Å². The van der Waals surface area contributed by atoms with Gasteiger partial charge in [-0.3, -0.25) is 4.79 Å². The van der Waals surface area contributed by atoms with Crippen LogP contribution in [-0.2, 0) is 21.3 Å². The molecule has 0 aromatic heterocycles. The lowest BCUT2D eigenvalue weighted by Gasteiger charge is -2.24. The highest BCUT2D eigenvalue weighted by Crippen LogP contribution is 2.33. The van der Waals surface area contributed by atoms with Crippen LogP contribution in [0, 0.1) is 0 Å². The van der Waals surface area contributed by atoms with Crippen molar-refractivity contribution in [1.29, 1.82) is 0 Å². The van der Waals surface area contributed by atoms with Gasteiger partial charge in [0.1, 0.15) is 11.5 Å². The zero-order valence-electron chi connectivity index (χ0n) is 19.0. The molecule has 2 fully saturated rings. The summed E-state index contributed by atoms with van der Waals surface area (Å²) in [7, 11) is -0.575. The second-order valence-corrected chi connectivity index (χ2v) is 10.1. The maximum Gasteiger partial charge on any atom is 0.254 e. The minimum absolute atomic E-state index is 0.0733. The number of amides is 1. The number of sulfonamides is 1. The van der Waals surface area contributed by atoms with Crippen molar-refractivity contribution in [2.45, 2.75) is 49.3 Å². The van der Waals surface area contributed by atoms with Crippen molar-refractivity contribution in [3.8, 4) is 11.5 Å². The zero-order chi connectivity index (χ0) is 23.4. The largest absolute Gasteiger partial charge is 0.497 e. The topological polar surface area (TPSA) is 94.2 Å². The molecule has 1 saturated heterocycles. The van der Waals surface area contributed by atoms with Gasteiger partial charge in [0.2, 0.25) is 10.0 Å². The summed E-state index contributed by atoms with van der Waals surface area (Å²) in [4.78, 5) is 15.3. The van der Waals surface area contributed by atoms with Crippen LogP contribution in [0.4, 0.5) is 0 Å². The first-order valence-corrected chi connectivity index (χ1v) is 12.6. The molecule has 2 aliphatic rings. The average Bonchev–Trinajstić information content (AvgIpc) is 3.54. The van der Waals surface area contributed by atoms with E-state index in [2.05, 4.69) is 4.72 Å². The molecule has 0 radical (unpaired) electrons. The second-order valence-electron chi connectivity index (χ2n) is 8.36. The molecule has 8 nitrogen and oxygen atoms in total. The average molecular weight is 475 g/mol. The van der Waals surface area contributed by atoms with Gasteiger partial charge < -0.3 is 19.1 Å². The molecule has 2 aromatic carbocycles. The van der Waals surface area contributed by atoms with Gasteiger partial charge in [-0.25, -0.2) is 13.1 Å². The Kier molecular flexibility index (Phi) is 7.21. The number of nitrogens with zero attached hydrogens (tertiary/aromatic N) is 1. The lowest BCUT2D eigenvalue weighted by Crippen LogP contribution is -2.34. The Bertz CT molecular complexity index is 1090. The quantitative estimate of drug-likeness (QED) is 0.569. The van der Waals surface area contributed by atoms with Gasteiger partial charge in [0.25, 0.3) is 5.91 Å². The Hall–Kier alpha value is -2.62. The third-order valence-electron chi connectivity index (χ3n) is 6.00. The van der Waals surface area contributed by atoms with Gasteiger partial charge in [0.05, 0.1) is 25.2 Å². The van der Waals surface area contributed by atoms with E-state index in [0.717, 1.165) is 31.2 Å². The fourth-order valence-corrected chi connectivity index (χ4v) is 5.08. The normalized spacial score (nSPS) is 18.2. The molecule has 1 N–H and O–H groups in total. The van der Waals surface area contributed by atoms with Crippen LogP contribution in [0.25, 0.3) is 0 Å². The monoisotopic (exact) mass is 474 g/mol. The van der Waals surface area contributed by atoms with Crippen molar-refractivity contribution in [3.05, 3.63) is 53.6 Å². The molecule has 1 aliphatic carbocycles. The first-order valence-electron chi connectivity index (χ1n) is 11.1. The molecule has 1 saturated carbocycles. The molecule has 178 valence electrons. The predicted molar refractivity (Wildman–Crippen MR) is 123 cm³/mol. The Morgan fingerprint density at radius 2 is 1.94 bits per heavy atom. The standard InChI is InChI=1S/C24H30N2O6S/c1-30-20-11-8-18(23(14-20)31-2)16-26(19-9-10-19)24(27)17-5-3-7-22(13-17)33(28,29)25-15-21-6-4-12-32-21/h3,5,7-8,11,13-14,19,21,25H,4,6,9-10,12,15-16H2,1-2H3. The number of ether oxygens (including phenoxy) is 3. The van der Waals surface area contributed by atoms with Crippen molar-refractivity contribution in [2.24, 2.45) is 0 Å². The van der Waals surface area contributed by atoms with Gasteiger partial charge in [-0.2, -0.15) is 0 Å². The number of carbonyl (C=O) groups is 1. The van der Waals surface area contributed by atoms with Crippen molar-refractivity contribution < 1.29 is 27.4 Å². The van der Waals surface area contributed by atoms with Crippen molar-refractivity contribution in [3.63, 3.8) is 0 Å². The molecule has 2 aromatic rings. The van der Waals surface area contributed by atoms with Gasteiger partial charge in [-0.05, 0) is 56.0 Å². The Morgan fingerprint density at radius 1 is 1.12 bits per heavy atom. The number of hydrogen-bond donors (Lipinski definition) is 1. The summed E-state index contributed by atoms with van der Waals surface area (Å²) < 4.78 is 44.4. The molecular formula is C24H30N2O6S. The summed E-state index contributed by atoms with van der Waals surface area (Å²) in [6.45, 7) is 1.25. The summed E-state index contributed by atoms with van der Waals surface area (Å²) in [5.74, 6) is 1.11. The third-order valence-corrected chi connectivity index (χ3v) is 7.42. The molecular weight excluding hydrogens is 444 g/mol. The first-order chi connectivity index (χ1) is 15.9. The highest BCUT2D eigenvalue weighted by molar-refractivity contribution is 7.89. The SMILES string of the molecule is COc1ccc(CN(C(=O)c2cccc(S(=O)(=O)NCC3CCCO3)c2)C2CC2)c(OC)c1. The molecule has 1 aliphatic heterocycles. The van der Waals surface area contributed by atoms with Crippen molar-refractivity contribution in [1.82, 2.24) is 9.62 Å². The maximum absolute atomic E-state index is 13.4. The van der Waals surface area contributed by atoms with E-state index in [1.54, 1.807) is 37.3 Å². The van der Waals surface area contributed by atoms with Gasteiger partial charge in [-0.15, -0.1) is 0 Å². The van der Waals surface area contributed by atoms with Crippen LogP contribution in [-0.4, -0.2) is 58.7 Å². The number of methoxy groups -OCH3 is 2. The van der Waals surface area contributed by atoms with E-state index >= 15 is 0 Å². The van der Waals surface area contributed by atoms with E-state index in [4.69, 9.17) is 14.2 Å². The minimum Gasteiger partial charge on any atom is -0.497 e. The fourth-order valence-electron chi connectivity index (χ4n) is 3.97. The molecule has 9 heteroatoms. The summed E-state index contributed by atoms with van der Waals surface area (Å²) >= 11 is 0. The molecule has 1 unspecified atom stereocenters. The van der Waals surface area contributed by atoms with Crippen LogP contribution in [0.1, 0.15) is 41.6 Å². The van der Waals surface area contributed by atoms with E-state index in [9.17, 15) is 13.2 Å². The van der Waals surface area contributed by atoms with Crippen LogP contribution in [0.2, 0.25) is 0 Å². The van der Waals surface area contributed by atoms with E-state index < -0.39 is 10.0 Å². The summed E-state index contributed by atoms with van der Waals surface area (Å²) in [6, 6.07) is 11.8. The van der Waals surface area contributed by atoms with Gasteiger partial charge in [-0.1, -0.05) is 6.07 Å². The molecule has 1 atom stereocenters. The predicted octanol–water partition coefficient (Wildman–Crippen LogP) is 2.97. The van der Waals surface area contributed by atoms with Crippen LogP contribution < -0.4 is 14.2 Å². The molecule has 33 heavy (non-hydrogen) atoms. The van der Waals surface area contributed by atoms with E-state index in [1.807, 2.05) is 12.1 Å². The smallest absolute Gasteiger partial charge is 0.254 e. The number of nitrogens with one attached hydrogen (secondary N) is 1. The fraction of sp³-hybridized carbons (Fsp3) is 0.458. The summed E-state index contributed by atoms with van der Waals surface area (Å²) in [5.41, 5.74) is 1.20. The van der Waals surface area contributed by atoms with Crippen LogP contribution >= 0.6 is 0 Å².